The maximum absolute atomic E-state index is 13.2. The van der Waals surface area contributed by atoms with Gasteiger partial charge in [-0.1, -0.05) is 12.1 Å². The average molecular weight is 335 g/mol. The molecular weight excluding hydrogens is 314 g/mol. The smallest absolute Gasteiger partial charge is 0.261 e. The summed E-state index contributed by atoms with van der Waals surface area (Å²) in [5.41, 5.74) is 7.87. The van der Waals surface area contributed by atoms with Gasteiger partial charge in [0.25, 0.3) is 11.8 Å². The molecule has 2 amide bonds. The van der Waals surface area contributed by atoms with Crippen molar-refractivity contribution in [1.82, 2.24) is 9.80 Å². The van der Waals surface area contributed by atoms with E-state index in [1.54, 1.807) is 12.1 Å². The van der Waals surface area contributed by atoms with Crippen molar-refractivity contribution in [2.45, 2.75) is 43.8 Å². The third-order valence-electron chi connectivity index (χ3n) is 6.41. The van der Waals surface area contributed by atoms with Crippen molar-refractivity contribution >= 4 is 28.3 Å². The Bertz CT molecular complexity index is 886. The Labute approximate surface area is 146 Å². The van der Waals surface area contributed by atoms with Gasteiger partial charge in [0.2, 0.25) is 0 Å². The Kier molecular flexibility index (Phi) is 3.01. The van der Waals surface area contributed by atoms with Crippen LogP contribution in [0.2, 0.25) is 0 Å². The highest BCUT2D eigenvalue weighted by molar-refractivity contribution is 6.26. The second-order valence-corrected chi connectivity index (χ2v) is 7.59. The van der Waals surface area contributed by atoms with Crippen LogP contribution >= 0.6 is 0 Å². The van der Waals surface area contributed by atoms with Crippen LogP contribution in [0.25, 0.3) is 10.8 Å². The number of hydrogen-bond acceptors (Lipinski definition) is 4. The van der Waals surface area contributed by atoms with Gasteiger partial charge >= 0.3 is 0 Å². The Balaban J connectivity index is 1.62. The van der Waals surface area contributed by atoms with Crippen LogP contribution < -0.4 is 5.73 Å². The molecule has 2 fully saturated rings. The number of nitrogen functional groups attached to an aromatic ring is 1. The van der Waals surface area contributed by atoms with Gasteiger partial charge in [-0.05, 0) is 50.9 Å². The summed E-state index contributed by atoms with van der Waals surface area (Å²) < 4.78 is 0. The fraction of sp³-hybridized carbons (Fsp3) is 0.400. The van der Waals surface area contributed by atoms with E-state index < -0.39 is 0 Å². The van der Waals surface area contributed by atoms with E-state index in [0.29, 0.717) is 34.3 Å². The van der Waals surface area contributed by atoms with Crippen LogP contribution in [0.4, 0.5) is 5.69 Å². The number of carbonyl (C=O) groups excluding carboxylic acids is 2. The minimum absolute atomic E-state index is 0.00495. The minimum Gasteiger partial charge on any atom is -0.398 e. The van der Waals surface area contributed by atoms with E-state index in [-0.39, 0.29) is 17.9 Å². The fourth-order valence-corrected chi connectivity index (χ4v) is 5.06. The van der Waals surface area contributed by atoms with Crippen molar-refractivity contribution in [2.24, 2.45) is 0 Å². The lowest BCUT2D eigenvalue weighted by atomic mass is 9.89. The molecule has 2 saturated heterocycles. The van der Waals surface area contributed by atoms with E-state index in [0.717, 1.165) is 31.1 Å². The minimum atomic E-state index is -0.164. The van der Waals surface area contributed by atoms with Crippen LogP contribution in [0.5, 0.6) is 0 Å². The molecule has 3 aliphatic heterocycles. The molecule has 2 unspecified atom stereocenters. The third kappa shape index (κ3) is 1.93. The van der Waals surface area contributed by atoms with E-state index >= 15 is 0 Å². The average Bonchev–Trinajstić information content (AvgIpc) is 2.82. The van der Waals surface area contributed by atoms with Gasteiger partial charge in [-0.2, -0.15) is 0 Å². The molecule has 0 radical (unpaired) electrons. The first-order valence-corrected chi connectivity index (χ1v) is 8.97. The first-order valence-electron chi connectivity index (χ1n) is 8.97. The molecule has 2 aromatic rings. The zero-order valence-electron chi connectivity index (χ0n) is 14.2. The quantitative estimate of drug-likeness (QED) is 0.643. The zero-order chi connectivity index (χ0) is 17.3. The number of nitrogens with zero attached hydrogens (tertiary/aromatic N) is 2. The van der Waals surface area contributed by atoms with E-state index in [2.05, 4.69) is 11.9 Å². The molecule has 25 heavy (non-hydrogen) atoms. The largest absolute Gasteiger partial charge is 0.398 e. The van der Waals surface area contributed by atoms with Crippen LogP contribution in [0.3, 0.4) is 0 Å². The van der Waals surface area contributed by atoms with Crippen LogP contribution in [-0.4, -0.2) is 46.8 Å². The number of benzene rings is 2. The number of hydrogen-bond donors (Lipinski definition) is 1. The van der Waals surface area contributed by atoms with Gasteiger partial charge in [0, 0.05) is 45.7 Å². The predicted octanol–water partition coefficient (Wildman–Crippen LogP) is 2.64. The summed E-state index contributed by atoms with van der Waals surface area (Å²) in [6.45, 7) is 0. The van der Waals surface area contributed by atoms with Gasteiger partial charge < -0.3 is 10.6 Å². The Hall–Kier alpha value is -2.40. The zero-order valence-corrected chi connectivity index (χ0v) is 14.2. The summed E-state index contributed by atoms with van der Waals surface area (Å²) in [5, 5.41) is 1.50. The van der Waals surface area contributed by atoms with E-state index in [4.69, 9.17) is 5.73 Å². The lowest BCUT2D eigenvalue weighted by Gasteiger charge is -2.42. The molecule has 2 N–H and O–H groups in total. The van der Waals surface area contributed by atoms with Gasteiger partial charge in [0.15, 0.2) is 0 Å². The highest BCUT2D eigenvalue weighted by Gasteiger charge is 2.45. The molecule has 5 heteroatoms. The van der Waals surface area contributed by atoms with Crippen LogP contribution in [0, 0.1) is 0 Å². The molecule has 0 aromatic heterocycles. The lowest BCUT2D eigenvalue weighted by Crippen LogP contribution is -2.54. The van der Waals surface area contributed by atoms with Crippen molar-refractivity contribution in [1.29, 1.82) is 0 Å². The molecule has 3 heterocycles. The predicted molar refractivity (Wildman–Crippen MR) is 96.5 cm³/mol. The Morgan fingerprint density at radius 2 is 1.56 bits per heavy atom. The van der Waals surface area contributed by atoms with Crippen molar-refractivity contribution in [3.63, 3.8) is 0 Å². The number of rotatable bonds is 1. The van der Waals surface area contributed by atoms with Crippen LogP contribution in [0.15, 0.2) is 30.3 Å². The summed E-state index contributed by atoms with van der Waals surface area (Å²) in [4.78, 5) is 30.3. The summed E-state index contributed by atoms with van der Waals surface area (Å²) in [7, 11) is 2.16. The number of nitrogens with two attached hydrogens (primary N) is 1. The third-order valence-corrected chi connectivity index (χ3v) is 6.41. The molecule has 0 aliphatic carbocycles. The second kappa shape index (κ2) is 5.05. The first kappa shape index (κ1) is 14.9. The van der Waals surface area contributed by atoms with E-state index in [1.165, 1.54) is 4.90 Å². The molecule has 5 nitrogen and oxygen atoms in total. The number of amides is 2. The maximum Gasteiger partial charge on any atom is 0.261 e. The topological polar surface area (TPSA) is 66.6 Å². The molecule has 5 rings (SSSR count). The summed E-state index contributed by atoms with van der Waals surface area (Å²) in [6.07, 6.45) is 4.09. The molecule has 3 aliphatic rings. The number of fused-ring (bicyclic) bond motifs is 2. The first-order chi connectivity index (χ1) is 12.1. The van der Waals surface area contributed by atoms with Gasteiger partial charge in [-0.3, -0.25) is 14.5 Å². The number of imide groups is 1. The Morgan fingerprint density at radius 3 is 2.24 bits per heavy atom. The van der Waals surface area contributed by atoms with Gasteiger partial charge in [-0.15, -0.1) is 0 Å². The second-order valence-electron chi connectivity index (χ2n) is 7.59. The highest BCUT2D eigenvalue weighted by Crippen LogP contribution is 2.40. The SMILES string of the molecule is CN1C2CCC1CC(N1C(=O)c3cccc4c(N)ccc(c34)C1=O)C2. The molecule has 2 atom stereocenters. The van der Waals surface area contributed by atoms with Gasteiger partial charge in [0.05, 0.1) is 0 Å². The van der Waals surface area contributed by atoms with Gasteiger partial charge in [-0.25, -0.2) is 0 Å². The fourth-order valence-electron chi connectivity index (χ4n) is 5.06. The normalized spacial score (nSPS) is 28.8. The number of piperidine rings is 1. The molecule has 0 spiro atoms. The molecule has 2 bridgehead atoms. The maximum atomic E-state index is 13.2. The van der Waals surface area contributed by atoms with Crippen molar-refractivity contribution in [3.05, 3.63) is 41.5 Å². The Morgan fingerprint density at radius 1 is 0.920 bits per heavy atom. The number of anilines is 1. The summed E-state index contributed by atoms with van der Waals surface area (Å²) >= 11 is 0. The molecule has 128 valence electrons. The monoisotopic (exact) mass is 335 g/mol. The van der Waals surface area contributed by atoms with Crippen molar-refractivity contribution in [3.8, 4) is 0 Å². The number of carbonyl (C=O) groups is 2. The van der Waals surface area contributed by atoms with E-state index in [9.17, 15) is 9.59 Å². The highest BCUT2D eigenvalue weighted by atomic mass is 16.2. The summed E-state index contributed by atoms with van der Waals surface area (Å²) in [5.74, 6) is -0.328. The van der Waals surface area contributed by atoms with Crippen molar-refractivity contribution in [2.75, 3.05) is 12.8 Å². The van der Waals surface area contributed by atoms with E-state index in [1.807, 2.05) is 18.2 Å². The van der Waals surface area contributed by atoms with Gasteiger partial charge in [0.1, 0.15) is 0 Å². The molecular formula is C20H21N3O2. The van der Waals surface area contributed by atoms with Crippen LogP contribution in [-0.2, 0) is 0 Å². The standard InChI is InChI=1S/C20H21N3O2/c1-22-11-5-6-12(22)10-13(9-11)23-19(24)15-4-2-3-14-17(21)8-7-16(18(14)15)20(23)25/h2-4,7-8,11-13H,5-6,9-10,21H2,1H3. The lowest BCUT2D eigenvalue weighted by molar-refractivity contribution is 0.0397. The van der Waals surface area contributed by atoms with Crippen LogP contribution in [0.1, 0.15) is 46.4 Å². The molecule has 2 aromatic carbocycles. The molecule has 0 saturated carbocycles. The van der Waals surface area contributed by atoms with Crippen molar-refractivity contribution < 1.29 is 9.59 Å². The summed E-state index contributed by atoms with van der Waals surface area (Å²) in [6, 6.07) is 10.0.